The number of sulfone groups is 1. The summed E-state index contributed by atoms with van der Waals surface area (Å²) in [5.41, 5.74) is 6.46. The number of para-hydroxylation sites is 1. The molecule has 0 radical (unpaired) electrons. The molecular weight excluding hydrogens is 310 g/mol. The number of hydrogen-bond acceptors (Lipinski definition) is 4. The maximum Gasteiger partial charge on any atom is 0.175 e. The van der Waals surface area contributed by atoms with Crippen LogP contribution in [0.2, 0.25) is 5.02 Å². The molecule has 0 spiro atoms. The van der Waals surface area contributed by atoms with Gasteiger partial charge in [0.15, 0.2) is 9.84 Å². The Hall–Kier alpha value is -1.56. The van der Waals surface area contributed by atoms with Crippen LogP contribution in [0.3, 0.4) is 0 Å². The van der Waals surface area contributed by atoms with Gasteiger partial charge in [-0.15, -0.1) is 0 Å². The second-order valence-electron chi connectivity index (χ2n) is 4.62. The third kappa shape index (κ3) is 3.97. The molecule has 2 aromatic rings. The van der Waals surface area contributed by atoms with Crippen molar-refractivity contribution in [2.45, 2.75) is 11.3 Å². The van der Waals surface area contributed by atoms with Crippen molar-refractivity contribution in [2.24, 2.45) is 5.73 Å². The van der Waals surface area contributed by atoms with Crippen LogP contribution >= 0.6 is 11.6 Å². The van der Waals surface area contributed by atoms with E-state index in [9.17, 15) is 8.42 Å². The smallest absolute Gasteiger partial charge is 0.175 e. The minimum Gasteiger partial charge on any atom is -0.455 e. The van der Waals surface area contributed by atoms with E-state index in [1.807, 2.05) is 12.1 Å². The Morgan fingerprint density at radius 3 is 2.57 bits per heavy atom. The molecular formula is C15H16ClNO3S. The second kappa shape index (κ2) is 6.47. The maximum atomic E-state index is 11.6. The molecule has 2 N–H and O–H groups in total. The third-order valence-corrected chi connectivity index (χ3v) is 4.32. The van der Waals surface area contributed by atoms with Gasteiger partial charge in [-0.3, -0.25) is 0 Å². The van der Waals surface area contributed by atoms with Gasteiger partial charge < -0.3 is 10.5 Å². The number of nitrogens with two attached hydrogens (primary N) is 1. The Labute approximate surface area is 129 Å². The Morgan fingerprint density at radius 1 is 1.19 bits per heavy atom. The van der Waals surface area contributed by atoms with E-state index in [1.165, 1.54) is 12.1 Å². The topological polar surface area (TPSA) is 69.4 Å². The van der Waals surface area contributed by atoms with E-state index in [1.54, 1.807) is 18.2 Å². The minimum atomic E-state index is -3.28. The van der Waals surface area contributed by atoms with E-state index >= 15 is 0 Å². The summed E-state index contributed by atoms with van der Waals surface area (Å²) >= 11 is 6.16. The van der Waals surface area contributed by atoms with Crippen LogP contribution in [0.4, 0.5) is 0 Å². The Kier molecular flexibility index (Phi) is 4.88. The monoisotopic (exact) mass is 325 g/mol. The highest BCUT2D eigenvalue weighted by atomic mass is 35.5. The molecule has 2 rings (SSSR count). The quantitative estimate of drug-likeness (QED) is 0.917. The summed E-state index contributed by atoms with van der Waals surface area (Å²) in [6.45, 7) is 0.472. The molecule has 0 amide bonds. The number of halogens is 1. The zero-order chi connectivity index (χ0) is 15.5. The van der Waals surface area contributed by atoms with E-state index in [2.05, 4.69) is 0 Å². The number of hydrogen-bond donors (Lipinski definition) is 1. The van der Waals surface area contributed by atoms with E-state index in [4.69, 9.17) is 22.1 Å². The molecule has 4 nitrogen and oxygen atoms in total. The van der Waals surface area contributed by atoms with Crippen LogP contribution in [-0.2, 0) is 16.3 Å². The first-order chi connectivity index (χ1) is 9.91. The fourth-order valence-corrected chi connectivity index (χ4v) is 2.80. The average Bonchev–Trinajstić information content (AvgIpc) is 2.42. The summed E-state index contributed by atoms with van der Waals surface area (Å²) in [5, 5.41) is 0.464. The molecule has 0 heterocycles. The van der Waals surface area contributed by atoms with Gasteiger partial charge in [0.25, 0.3) is 0 Å². The summed E-state index contributed by atoms with van der Waals surface area (Å²) in [5.74, 6) is 0.930. The lowest BCUT2D eigenvalue weighted by Crippen LogP contribution is -2.04. The normalized spacial score (nSPS) is 11.4. The molecule has 0 saturated heterocycles. The molecule has 0 bridgehead atoms. The van der Waals surface area contributed by atoms with Crippen molar-refractivity contribution < 1.29 is 13.2 Å². The van der Waals surface area contributed by atoms with Crippen LogP contribution < -0.4 is 10.5 Å². The number of ether oxygens (including phenoxy) is 1. The molecule has 0 aliphatic carbocycles. The molecule has 112 valence electrons. The molecule has 6 heteroatoms. The van der Waals surface area contributed by atoms with E-state index in [0.717, 1.165) is 11.8 Å². The summed E-state index contributed by atoms with van der Waals surface area (Å²) < 4.78 is 28.9. The molecule has 2 aromatic carbocycles. The summed E-state index contributed by atoms with van der Waals surface area (Å²) in [4.78, 5) is 0.201. The van der Waals surface area contributed by atoms with Gasteiger partial charge in [-0.05, 0) is 42.8 Å². The van der Waals surface area contributed by atoms with Gasteiger partial charge in [0.1, 0.15) is 11.5 Å². The highest BCUT2D eigenvalue weighted by Gasteiger charge is 2.12. The van der Waals surface area contributed by atoms with Gasteiger partial charge in [0.2, 0.25) is 0 Å². The van der Waals surface area contributed by atoms with Crippen LogP contribution in [0.1, 0.15) is 5.56 Å². The molecule has 0 fully saturated rings. The number of benzene rings is 2. The van der Waals surface area contributed by atoms with Gasteiger partial charge in [-0.1, -0.05) is 29.8 Å². The fourth-order valence-electron chi connectivity index (χ4n) is 1.91. The van der Waals surface area contributed by atoms with Crippen molar-refractivity contribution in [3.8, 4) is 11.5 Å². The molecule has 21 heavy (non-hydrogen) atoms. The van der Waals surface area contributed by atoms with Crippen LogP contribution in [-0.4, -0.2) is 21.2 Å². The van der Waals surface area contributed by atoms with Gasteiger partial charge in [0, 0.05) is 6.26 Å². The predicted octanol–water partition coefficient (Wildman–Crippen LogP) is 3.04. The summed E-state index contributed by atoms with van der Waals surface area (Å²) in [7, 11) is -3.28. The highest BCUT2D eigenvalue weighted by Crippen LogP contribution is 2.33. The highest BCUT2D eigenvalue weighted by molar-refractivity contribution is 7.90. The van der Waals surface area contributed by atoms with Crippen molar-refractivity contribution >= 4 is 21.4 Å². The van der Waals surface area contributed by atoms with Gasteiger partial charge in [0.05, 0.1) is 9.92 Å². The fraction of sp³-hybridized carbons (Fsp3) is 0.200. The Morgan fingerprint density at radius 2 is 1.90 bits per heavy atom. The summed E-state index contributed by atoms with van der Waals surface area (Å²) in [6, 6.07) is 11.7. The van der Waals surface area contributed by atoms with Crippen molar-refractivity contribution in [3.05, 3.63) is 53.1 Å². The van der Waals surface area contributed by atoms with Crippen LogP contribution in [0, 0.1) is 0 Å². The molecule has 0 aliphatic heterocycles. The first kappa shape index (κ1) is 15.8. The number of rotatable bonds is 5. The van der Waals surface area contributed by atoms with Crippen molar-refractivity contribution in [1.29, 1.82) is 0 Å². The van der Waals surface area contributed by atoms with E-state index < -0.39 is 9.84 Å². The molecule has 0 unspecified atom stereocenters. The van der Waals surface area contributed by atoms with Crippen molar-refractivity contribution in [2.75, 3.05) is 12.8 Å². The van der Waals surface area contributed by atoms with Gasteiger partial charge in [-0.2, -0.15) is 0 Å². The maximum absolute atomic E-state index is 11.6. The molecule has 0 aliphatic rings. The molecule has 0 atom stereocenters. The van der Waals surface area contributed by atoms with Gasteiger partial charge >= 0.3 is 0 Å². The lowest BCUT2D eigenvalue weighted by molar-refractivity contribution is 0.474. The first-order valence-electron chi connectivity index (χ1n) is 6.37. The zero-order valence-electron chi connectivity index (χ0n) is 11.5. The van der Waals surface area contributed by atoms with Crippen LogP contribution in [0.15, 0.2) is 47.4 Å². The third-order valence-electron chi connectivity index (χ3n) is 2.92. The van der Waals surface area contributed by atoms with Gasteiger partial charge in [-0.25, -0.2) is 8.42 Å². The van der Waals surface area contributed by atoms with Crippen LogP contribution in [0.5, 0.6) is 11.5 Å². The summed E-state index contributed by atoms with van der Waals surface area (Å²) in [6.07, 6.45) is 1.78. The lowest BCUT2D eigenvalue weighted by atomic mass is 10.1. The minimum absolute atomic E-state index is 0.201. The SMILES string of the molecule is CS(=O)(=O)c1cccc(Oc2c(Cl)cccc2CCN)c1. The molecule has 0 saturated carbocycles. The second-order valence-corrected chi connectivity index (χ2v) is 7.04. The van der Waals surface area contributed by atoms with E-state index in [-0.39, 0.29) is 4.90 Å². The average molecular weight is 326 g/mol. The standard InChI is InChI=1S/C15H16ClNO3S/c1-21(18,19)13-6-3-5-12(10-13)20-15-11(8-9-17)4-2-7-14(15)16/h2-7,10H,8-9,17H2,1H3. The lowest BCUT2D eigenvalue weighted by Gasteiger charge is -2.13. The Bertz CT molecular complexity index is 744. The van der Waals surface area contributed by atoms with Crippen molar-refractivity contribution in [1.82, 2.24) is 0 Å². The largest absolute Gasteiger partial charge is 0.455 e. The Balaban J connectivity index is 2.39. The zero-order valence-corrected chi connectivity index (χ0v) is 13.1. The van der Waals surface area contributed by atoms with Crippen molar-refractivity contribution in [3.63, 3.8) is 0 Å². The predicted molar refractivity (Wildman–Crippen MR) is 83.8 cm³/mol. The van der Waals surface area contributed by atoms with E-state index in [0.29, 0.717) is 29.5 Å². The first-order valence-corrected chi connectivity index (χ1v) is 8.64. The van der Waals surface area contributed by atoms with Crippen LogP contribution in [0.25, 0.3) is 0 Å². The molecule has 0 aromatic heterocycles.